The second-order valence-corrected chi connectivity index (χ2v) is 3.49. The average molecular weight is 219 g/mol. The van der Waals surface area contributed by atoms with Crippen molar-refractivity contribution in [3.63, 3.8) is 0 Å². The molecule has 4 heteroatoms. The van der Waals surface area contributed by atoms with Crippen molar-refractivity contribution >= 4 is 23.6 Å². The van der Waals surface area contributed by atoms with E-state index in [1.165, 1.54) is 13.0 Å². The Labute approximate surface area is 93.6 Å². The zero-order chi connectivity index (χ0) is 12.1. The topological polar surface area (TPSA) is 66.4 Å². The molecule has 16 heavy (non-hydrogen) atoms. The molecule has 0 atom stereocenters. The number of carbonyl (C=O) groups is 2. The third kappa shape index (κ3) is 3.96. The van der Waals surface area contributed by atoms with Crippen LogP contribution in [0.4, 0.5) is 5.69 Å². The fraction of sp³-hybridized carbons (Fsp3) is 0.167. The van der Waals surface area contributed by atoms with Crippen molar-refractivity contribution < 1.29 is 14.7 Å². The first-order chi connectivity index (χ1) is 7.47. The summed E-state index contributed by atoms with van der Waals surface area (Å²) in [5.41, 5.74) is 2.36. The van der Waals surface area contributed by atoms with E-state index in [1.54, 1.807) is 6.07 Å². The molecule has 1 rings (SSSR count). The molecule has 0 saturated carbocycles. The molecule has 0 radical (unpaired) electrons. The second kappa shape index (κ2) is 5.11. The third-order valence-corrected chi connectivity index (χ3v) is 1.84. The molecule has 0 unspecified atom stereocenters. The Kier molecular flexibility index (Phi) is 3.83. The van der Waals surface area contributed by atoms with Crippen molar-refractivity contribution in [2.24, 2.45) is 0 Å². The van der Waals surface area contributed by atoms with Gasteiger partial charge in [0.2, 0.25) is 5.91 Å². The molecule has 0 aliphatic carbocycles. The Morgan fingerprint density at radius 2 is 2.00 bits per heavy atom. The fourth-order valence-electron chi connectivity index (χ4n) is 1.35. The van der Waals surface area contributed by atoms with Gasteiger partial charge < -0.3 is 10.4 Å². The van der Waals surface area contributed by atoms with Crippen LogP contribution < -0.4 is 5.32 Å². The molecule has 0 bridgehead atoms. The van der Waals surface area contributed by atoms with E-state index in [4.69, 9.17) is 5.11 Å². The molecule has 1 amide bonds. The lowest BCUT2D eigenvalue weighted by atomic mass is 10.1. The van der Waals surface area contributed by atoms with Gasteiger partial charge in [0, 0.05) is 18.7 Å². The van der Waals surface area contributed by atoms with Crippen LogP contribution in [0.15, 0.2) is 24.3 Å². The molecule has 84 valence electrons. The lowest BCUT2D eigenvalue weighted by molar-refractivity contribution is -0.131. The van der Waals surface area contributed by atoms with Crippen molar-refractivity contribution in [3.05, 3.63) is 35.4 Å². The first-order valence-electron chi connectivity index (χ1n) is 4.77. The highest BCUT2D eigenvalue weighted by Crippen LogP contribution is 2.15. The van der Waals surface area contributed by atoms with E-state index in [0.717, 1.165) is 17.2 Å². The molecular weight excluding hydrogens is 206 g/mol. The molecule has 0 saturated heterocycles. The van der Waals surface area contributed by atoms with Crippen molar-refractivity contribution in [3.8, 4) is 0 Å². The van der Waals surface area contributed by atoms with Gasteiger partial charge in [-0.3, -0.25) is 4.79 Å². The van der Waals surface area contributed by atoms with E-state index in [2.05, 4.69) is 5.32 Å². The number of rotatable bonds is 3. The van der Waals surface area contributed by atoms with Crippen LogP contribution in [0.1, 0.15) is 18.1 Å². The molecular formula is C12H13NO3. The van der Waals surface area contributed by atoms with E-state index in [1.807, 2.05) is 19.1 Å². The Bertz CT molecular complexity index is 450. The first-order valence-corrected chi connectivity index (χ1v) is 4.77. The summed E-state index contributed by atoms with van der Waals surface area (Å²) in [4.78, 5) is 21.2. The summed E-state index contributed by atoms with van der Waals surface area (Å²) in [7, 11) is 0. The summed E-state index contributed by atoms with van der Waals surface area (Å²) in [5.74, 6) is -1.15. The van der Waals surface area contributed by atoms with E-state index in [0.29, 0.717) is 5.69 Å². The van der Waals surface area contributed by atoms with Gasteiger partial charge in [0.1, 0.15) is 0 Å². The second-order valence-electron chi connectivity index (χ2n) is 3.49. The number of carboxylic acids is 1. The maximum atomic E-state index is 10.9. The fourth-order valence-corrected chi connectivity index (χ4v) is 1.35. The number of carbonyl (C=O) groups excluding carboxylic acids is 1. The van der Waals surface area contributed by atoms with Crippen molar-refractivity contribution in [2.75, 3.05) is 5.32 Å². The van der Waals surface area contributed by atoms with Gasteiger partial charge >= 0.3 is 5.97 Å². The van der Waals surface area contributed by atoms with Gasteiger partial charge in [0.25, 0.3) is 0 Å². The van der Waals surface area contributed by atoms with Crippen LogP contribution in [0.5, 0.6) is 0 Å². The van der Waals surface area contributed by atoms with Crippen LogP contribution >= 0.6 is 0 Å². The number of benzene rings is 1. The minimum atomic E-state index is -0.998. The molecule has 1 aromatic rings. The van der Waals surface area contributed by atoms with Gasteiger partial charge in [0.05, 0.1) is 0 Å². The molecule has 4 nitrogen and oxygen atoms in total. The summed E-state index contributed by atoms with van der Waals surface area (Å²) in [6.07, 6.45) is 2.55. The van der Waals surface area contributed by atoms with Crippen molar-refractivity contribution in [1.29, 1.82) is 0 Å². The van der Waals surface area contributed by atoms with E-state index >= 15 is 0 Å². The van der Waals surface area contributed by atoms with Crippen molar-refractivity contribution in [1.82, 2.24) is 0 Å². The zero-order valence-corrected chi connectivity index (χ0v) is 9.15. The van der Waals surface area contributed by atoms with Gasteiger partial charge in [-0.05, 0) is 36.3 Å². The number of carboxylic acid groups (broad SMARTS) is 1. The van der Waals surface area contributed by atoms with E-state index in [9.17, 15) is 9.59 Å². The SMILES string of the molecule is CC(=O)Nc1cc(C)cc(/C=C/C(=O)O)c1. The summed E-state index contributed by atoms with van der Waals surface area (Å²) >= 11 is 0. The number of aryl methyl sites for hydroxylation is 1. The number of aliphatic carboxylic acids is 1. The van der Waals surface area contributed by atoms with Gasteiger partial charge in [-0.25, -0.2) is 4.79 Å². The number of nitrogens with one attached hydrogen (secondary N) is 1. The van der Waals surface area contributed by atoms with Gasteiger partial charge in [-0.2, -0.15) is 0 Å². The Morgan fingerprint density at radius 1 is 1.31 bits per heavy atom. The number of hydrogen-bond acceptors (Lipinski definition) is 2. The molecule has 1 aromatic carbocycles. The van der Waals surface area contributed by atoms with E-state index in [-0.39, 0.29) is 5.91 Å². The smallest absolute Gasteiger partial charge is 0.328 e. The Hall–Kier alpha value is -2.10. The predicted octanol–water partition coefficient (Wildman–Crippen LogP) is 2.05. The molecule has 0 aliphatic heterocycles. The number of anilines is 1. The van der Waals surface area contributed by atoms with Gasteiger partial charge in [-0.15, -0.1) is 0 Å². The van der Waals surface area contributed by atoms with Gasteiger partial charge in [0.15, 0.2) is 0 Å². The van der Waals surface area contributed by atoms with E-state index < -0.39 is 5.97 Å². The molecule has 0 heterocycles. The zero-order valence-electron chi connectivity index (χ0n) is 9.15. The Balaban J connectivity index is 2.98. The molecule has 0 aliphatic rings. The minimum absolute atomic E-state index is 0.154. The van der Waals surface area contributed by atoms with Crippen LogP contribution in [0, 0.1) is 6.92 Å². The monoisotopic (exact) mass is 219 g/mol. The number of amides is 1. The van der Waals surface area contributed by atoms with Crippen molar-refractivity contribution in [2.45, 2.75) is 13.8 Å². The molecule has 0 aromatic heterocycles. The summed E-state index contributed by atoms with van der Waals surface area (Å²) < 4.78 is 0. The first kappa shape index (κ1) is 12.0. The largest absolute Gasteiger partial charge is 0.478 e. The summed E-state index contributed by atoms with van der Waals surface area (Å²) in [6, 6.07) is 5.37. The molecule has 2 N–H and O–H groups in total. The predicted molar refractivity (Wildman–Crippen MR) is 62.2 cm³/mol. The molecule has 0 fully saturated rings. The summed E-state index contributed by atoms with van der Waals surface area (Å²) in [6.45, 7) is 3.30. The minimum Gasteiger partial charge on any atom is -0.478 e. The lowest BCUT2D eigenvalue weighted by Gasteiger charge is -2.05. The maximum absolute atomic E-state index is 10.9. The maximum Gasteiger partial charge on any atom is 0.328 e. The average Bonchev–Trinajstić information content (AvgIpc) is 2.12. The van der Waals surface area contributed by atoms with Gasteiger partial charge in [-0.1, -0.05) is 6.07 Å². The molecule has 0 spiro atoms. The highest BCUT2D eigenvalue weighted by Gasteiger charge is 1.98. The van der Waals surface area contributed by atoms with Crippen LogP contribution in [-0.2, 0) is 9.59 Å². The quantitative estimate of drug-likeness (QED) is 0.764. The van der Waals surface area contributed by atoms with Crippen LogP contribution in [0.3, 0.4) is 0 Å². The lowest BCUT2D eigenvalue weighted by Crippen LogP contribution is -2.05. The standard InChI is InChI=1S/C12H13NO3/c1-8-5-10(3-4-12(15)16)7-11(6-8)13-9(2)14/h3-7H,1-2H3,(H,13,14)(H,15,16)/b4-3+. The Morgan fingerprint density at radius 3 is 2.56 bits per heavy atom. The van der Waals surface area contributed by atoms with Crippen LogP contribution in [0.25, 0.3) is 6.08 Å². The highest BCUT2D eigenvalue weighted by molar-refractivity contribution is 5.90. The third-order valence-electron chi connectivity index (χ3n) is 1.84. The highest BCUT2D eigenvalue weighted by atomic mass is 16.4. The number of hydrogen-bond donors (Lipinski definition) is 2. The van der Waals surface area contributed by atoms with Crippen LogP contribution in [-0.4, -0.2) is 17.0 Å². The normalized spacial score (nSPS) is 10.4. The van der Waals surface area contributed by atoms with Crippen LogP contribution in [0.2, 0.25) is 0 Å². The summed E-state index contributed by atoms with van der Waals surface area (Å²) in [5, 5.41) is 11.2.